The van der Waals surface area contributed by atoms with E-state index in [2.05, 4.69) is 12.2 Å². The third-order valence-electron chi connectivity index (χ3n) is 13.8. The Morgan fingerprint density at radius 1 is 0.959 bits per heavy atom. The molecule has 4 N–H and O–H groups in total. The summed E-state index contributed by atoms with van der Waals surface area (Å²) in [7, 11) is 0. The number of cyclic esters (lactones) is 1. The number of rotatable bonds is 14. The molecule has 6 rings (SSSR count). The number of nitrogens with one attached hydrogen (secondary N) is 1. The fourth-order valence-electron chi connectivity index (χ4n) is 10.8. The van der Waals surface area contributed by atoms with Gasteiger partial charge in [-0.15, -0.1) is 0 Å². The number of phenolic OH excluding ortho intramolecular Hbond substituents is 1. The lowest BCUT2D eigenvalue weighted by atomic mass is 9.42. The molecule has 1 heterocycles. The van der Waals surface area contributed by atoms with Crippen molar-refractivity contribution >= 4 is 17.7 Å². The van der Waals surface area contributed by atoms with Gasteiger partial charge >= 0.3 is 5.97 Å². The van der Waals surface area contributed by atoms with E-state index in [1.165, 1.54) is 0 Å². The normalized spacial score (nSPS) is 36.7. The van der Waals surface area contributed by atoms with E-state index in [1.807, 2.05) is 19.1 Å². The van der Waals surface area contributed by atoms with Crippen molar-refractivity contribution in [2.45, 2.75) is 128 Å². The third-order valence-corrected chi connectivity index (χ3v) is 13.8. The van der Waals surface area contributed by atoms with E-state index in [4.69, 9.17) is 9.47 Å². The van der Waals surface area contributed by atoms with Gasteiger partial charge < -0.3 is 30.1 Å². The summed E-state index contributed by atoms with van der Waals surface area (Å²) in [5.74, 6) is 0.848. The zero-order valence-corrected chi connectivity index (χ0v) is 29.5. The summed E-state index contributed by atoms with van der Waals surface area (Å²) in [6.45, 7) is 5.42. The first-order valence-corrected chi connectivity index (χ1v) is 18.9. The average Bonchev–Trinajstić information content (AvgIpc) is 3.63. The molecule has 9 atom stereocenters. The van der Waals surface area contributed by atoms with E-state index in [0.29, 0.717) is 38.1 Å². The topological polar surface area (TPSA) is 142 Å². The van der Waals surface area contributed by atoms with Crippen LogP contribution in [-0.4, -0.2) is 70.5 Å². The summed E-state index contributed by atoms with van der Waals surface area (Å²) in [5, 5.41) is 36.5. The van der Waals surface area contributed by atoms with Crippen molar-refractivity contribution in [2.24, 2.45) is 34.5 Å². The van der Waals surface area contributed by atoms with Crippen LogP contribution >= 0.6 is 0 Å². The van der Waals surface area contributed by atoms with Crippen LogP contribution in [0.1, 0.15) is 109 Å². The molecule has 0 saturated heterocycles. The Bertz CT molecular complexity index is 1390. The van der Waals surface area contributed by atoms with Crippen LogP contribution in [0.3, 0.4) is 0 Å². The van der Waals surface area contributed by atoms with Gasteiger partial charge in [-0.25, -0.2) is 4.79 Å². The Hall–Kier alpha value is -2.75. The van der Waals surface area contributed by atoms with Crippen LogP contribution in [0.2, 0.25) is 0 Å². The SMILES string of the molecule is C[C@]12CC[C@H](OCC(=O)CCCCCCC(=O)NCCc3ccc(O)cc3)C[C@H]1CC[C@@H]1[C@@H]2C[C@@H](O)[C@]2(C)[C@@H](C3=CC(=O)OC3)CC[C@]12O. The highest BCUT2D eigenvalue weighted by atomic mass is 16.5. The molecule has 0 spiro atoms. The van der Waals surface area contributed by atoms with Crippen molar-refractivity contribution in [3.8, 4) is 5.75 Å². The number of aliphatic hydroxyl groups excluding tert-OH is 1. The van der Waals surface area contributed by atoms with Gasteiger partial charge in [0.2, 0.25) is 5.91 Å². The van der Waals surface area contributed by atoms with E-state index in [0.717, 1.165) is 81.8 Å². The number of benzene rings is 1. The lowest BCUT2D eigenvalue weighted by Gasteiger charge is -2.65. The van der Waals surface area contributed by atoms with Gasteiger partial charge in [0.25, 0.3) is 0 Å². The predicted octanol–water partition coefficient (Wildman–Crippen LogP) is 5.57. The van der Waals surface area contributed by atoms with E-state index in [1.54, 1.807) is 18.2 Å². The molecule has 1 aromatic carbocycles. The number of aromatic hydroxyl groups is 1. The molecule has 0 unspecified atom stereocenters. The quantitative estimate of drug-likeness (QED) is 0.148. The molecule has 0 bridgehead atoms. The Morgan fingerprint density at radius 3 is 2.45 bits per heavy atom. The Morgan fingerprint density at radius 2 is 1.71 bits per heavy atom. The highest BCUT2D eigenvalue weighted by Crippen LogP contribution is 2.70. The molecule has 4 aliphatic carbocycles. The monoisotopic (exact) mass is 679 g/mol. The van der Waals surface area contributed by atoms with E-state index in [-0.39, 0.29) is 65.9 Å². The van der Waals surface area contributed by atoms with Crippen LogP contribution in [-0.2, 0) is 30.3 Å². The van der Waals surface area contributed by atoms with Crippen LogP contribution in [0.5, 0.6) is 5.75 Å². The lowest BCUT2D eigenvalue weighted by molar-refractivity contribution is -0.245. The molecule has 4 fully saturated rings. The largest absolute Gasteiger partial charge is 0.508 e. The number of carbonyl (C=O) groups is 3. The number of esters is 1. The first-order valence-electron chi connectivity index (χ1n) is 18.9. The number of ketones is 1. The summed E-state index contributed by atoms with van der Waals surface area (Å²) in [5.41, 5.74) is 0.345. The minimum absolute atomic E-state index is 0.0122. The van der Waals surface area contributed by atoms with E-state index < -0.39 is 17.1 Å². The molecule has 9 heteroatoms. The summed E-state index contributed by atoms with van der Waals surface area (Å²) < 4.78 is 11.4. The zero-order chi connectivity index (χ0) is 34.8. The summed E-state index contributed by atoms with van der Waals surface area (Å²) in [6, 6.07) is 7.02. The van der Waals surface area contributed by atoms with Gasteiger partial charge in [0.15, 0.2) is 5.78 Å². The predicted molar refractivity (Wildman–Crippen MR) is 184 cm³/mol. The summed E-state index contributed by atoms with van der Waals surface area (Å²) >= 11 is 0. The van der Waals surface area contributed by atoms with Crippen LogP contribution in [0.4, 0.5) is 0 Å². The van der Waals surface area contributed by atoms with E-state index in [9.17, 15) is 29.7 Å². The molecule has 49 heavy (non-hydrogen) atoms. The van der Waals surface area contributed by atoms with Crippen LogP contribution in [0, 0.1) is 34.5 Å². The number of phenols is 1. The van der Waals surface area contributed by atoms with Crippen molar-refractivity contribution in [1.82, 2.24) is 5.32 Å². The molecule has 4 saturated carbocycles. The second kappa shape index (κ2) is 14.8. The van der Waals surface area contributed by atoms with Gasteiger partial charge in [-0.05, 0) is 123 Å². The second-order valence-corrected chi connectivity index (χ2v) is 16.3. The van der Waals surface area contributed by atoms with Crippen LogP contribution in [0.25, 0.3) is 0 Å². The number of fused-ring (bicyclic) bond motifs is 5. The minimum Gasteiger partial charge on any atom is -0.508 e. The highest BCUT2D eigenvalue weighted by molar-refractivity contribution is 5.85. The average molecular weight is 680 g/mol. The van der Waals surface area contributed by atoms with Crippen LogP contribution < -0.4 is 5.32 Å². The molecule has 5 aliphatic rings. The maximum Gasteiger partial charge on any atom is 0.331 e. The summed E-state index contributed by atoms with van der Waals surface area (Å²) in [6.07, 6.45) is 13.0. The number of hydrogen-bond donors (Lipinski definition) is 4. The molecule has 1 aromatic rings. The molecule has 270 valence electrons. The Kier molecular flexibility index (Phi) is 10.9. The maximum absolute atomic E-state index is 12.7. The van der Waals surface area contributed by atoms with Crippen LogP contribution in [0.15, 0.2) is 35.9 Å². The first kappa shape index (κ1) is 36.1. The number of aliphatic hydroxyl groups is 2. The Balaban J connectivity index is 0.891. The van der Waals surface area contributed by atoms with Gasteiger partial charge in [0.05, 0.1) is 17.8 Å². The fourth-order valence-corrected chi connectivity index (χ4v) is 10.8. The Labute approximate surface area is 291 Å². The molecular formula is C40H57NO8. The molecule has 1 aliphatic heterocycles. The van der Waals surface area contributed by atoms with Crippen molar-refractivity contribution in [2.75, 3.05) is 19.8 Å². The van der Waals surface area contributed by atoms with Gasteiger partial charge in [0.1, 0.15) is 19.0 Å². The number of carbonyl (C=O) groups excluding carboxylic acids is 3. The second-order valence-electron chi connectivity index (χ2n) is 16.3. The number of amides is 1. The smallest absolute Gasteiger partial charge is 0.331 e. The fraction of sp³-hybridized carbons (Fsp3) is 0.725. The van der Waals surface area contributed by atoms with Crippen molar-refractivity contribution in [3.63, 3.8) is 0 Å². The number of unbranched alkanes of at least 4 members (excludes halogenated alkanes) is 3. The highest BCUT2D eigenvalue weighted by Gasteiger charge is 2.70. The third kappa shape index (κ3) is 7.22. The van der Waals surface area contributed by atoms with Gasteiger partial charge in [-0.2, -0.15) is 0 Å². The molecule has 9 nitrogen and oxygen atoms in total. The molecule has 0 aromatic heterocycles. The van der Waals surface area contributed by atoms with Crippen molar-refractivity contribution in [1.29, 1.82) is 0 Å². The molecule has 1 amide bonds. The number of Topliss-reactive ketones (excluding diaryl/α,β-unsaturated/α-hetero) is 1. The minimum atomic E-state index is -0.970. The lowest BCUT2D eigenvalue weighted by Crippen LogP contribution is -2.67. The van der Waals surface area contributed by atoms with Gasteiger partial charge in [-0.3, -0.25) is 9.59 Å². The van der Waals surface area contributed by atoms with Crippen molar-refractivity contribution < 1.29 is 39.2 Å². The van der Waals surface area contributed by atoms with Crippen molar-refractivity contribution in [3.05, 3.63) is 41.5 Å². The van der Waals surface area contributed by atoms with E-state index >= 15 is 0 Å². The number of ether oxygens (including phenoxy) is 2. The molecular weight excluding hydrogens is 622 g/mol. The maximum atomic E-state index is 12.7. The van der Waals surface area contributed by atoms with Gasteiger partial charge in [0, 0.05) is 30.9 Å². The van der Waals surface area contributed by atoms with Gasteiger partial charge in [-0.1, -0.05) is 38.8 Å². The molecule has 0 radical (unpaired) electrons. The standard InChI is InChI=1S/C40H57NO8/c1-38-18-15-31(48-25-30(43)7-5-3-4-6-8-36(45)41-20-17-26-9-12-29(42)13-10-26)22-28(38)11-14-33-34(38)23-35(44)39(2)32(16-19-40(33,39)47)27-21-37(46)49-24-27/h9-10,12-13,21,28,31-35,42,44,47H,3-8,11,14-20,22-25H2,1-2H3,(H,41,45)/t28-,31+,32-,33-,34+,35-,38+,39+,40+/m1/s1. The zero-order valence-electron chi connectivity index (χ0n) is 29.5. The first-order chi connectivity index (χ1) is 23.4. The summed E-state index contributed by atoms with van der Waals surface area (Å²) in [4.78, 5) is 36.7. The number of hydrogen-bond acceptors (Lipinski definition) is 8.